The Balaban J connectivity index is 1.52. The smallest absolute Gasteiger partial charge is 0.251 e. The van der Waals surface area contributed by atoms with E-state index in [2.05, 4.69) is 70.3 Å². The Kier molecular flexibility index (Phi) is 7.80. The van der Waals surface area contributed by atoms with E-state index in [9.17, 15) is 4.79 Å². The first-order valence-corrected chi connectivity index (χ1v) is 12.6. The molecule has 6 heteroatoms. The number of aryl methyl sites for hydroxylation is 1. The van der Waals surface area contributed by atoms with Gasteiger partial charge >= 0.3 is 0 Å². The molecule has 1 atom stereocenters. The Morgan fingerprint density at radius 1 is 0.941 bits per heavy atom. The highest BCUT2D eigenvalue weighted by molar-refractivity contribution is 7.98. The summed E-state index contributed by atoms with van der Waals surface area (Å²) in [6.45, 7) is 6.16. The molecule has 5 nitrogen and oxygen atoms in total. The van der Waals surface area contributed by atoms with Crippen LogP contribution >= 0.6 is 11.8 Å². The molecule has 3 aromatic carbocycles. The van der Waals surface area contributed by atoms with Gasteiger partial charge in [-0.15, -0.1) is 10.2 Å². The lowest BCUT2D eigenvalue weighted by Crippen LogP contribution is -2.31. The minimum Gasteiger partial charge on any atom is -0.350 e. The van der Waals surface area contributed by atoms with Crippen molar-refractivity contribution >= 4 is 17.7 Å². The normalized spacial score (nSPS) is 11.9. The lowest BCUT2D eigenvalue weighted by molar-refractivity contribution is 0.0939. The van der Waals surface area contributed by atoms with Crippen LogP contribution in [0, 0.1) is 6.92 Å². The van der Waals surface area contributed by atoms with Crippen molar-refractivity contribution in [1.82, 2.24) is 20.1 Å². The molecule has 34 heavy (non-hydrogen) atoms. The summed E-state index contributed by atoms with van der Waals surface area (Å²) >= 11 is 1.65. The maximum atomic E-state index is 12.3. The Morgan fingerprint density at radius 3 is 2.32 bits per heavy atom. The minimum absolute atomic E-state index is 0.0294. The fourth-order valence-electron chi connectivity index (χ4n) is 3.55. The topological polar surface area (TPSA) is 59.8 Å². The number of carbonyl (C=O) groups excluding carboxylic acids is 1. The standard InChI is InChI=1S/C28H30N4OS/c1-4-21(3)29-27(33)24-14-12-23(13-15-24)19-34-28-31-30-26(18-22-8-6-5-7-9-22)32(28)25-16-10-20(2)11-17-25/h5-17,21H,4,18-19H2,1-3H3,(H,29,33)/t21-/m0/s1. The number of nitrogens with zero attached hydrogens (tertiary/aromatic N) is 3. The third-order valence-corrected chi connectivity index (χ3v) is 6.77. The highest BCUT2D eigenvalue weighted by atomic mass is 32.2. The van der Waals surface area contributed by atoms with Gasteiger partial charge in [-0.25, -0.2) is 0 Å². The number of rotatable bonds is 9. The molecule has 0 unspecified atom stereocenters. The Morgan fingerprint density at radius 2 is 1.65 bits per heavy atom. The second-order valence-electron chi connectivity index (χ2n) is 8.50. The molecule has 4 rings (SSSR count). The van der Waals surface area contributed by atoms with E-state index >= 15 is 0 Å². The van der Waals surface area contributed by atoms with Gasteiger partial charge in [0.2, 0.25) is 0 Å². The molecule has 0 saturated carbocycles. The van der Waals surface area contributed by atoms with Crippen molar-refractivity contribution in [3.05, 3.63) is 107 Å². The van der Waals surface area contributed by atoms with E-state index in [1.165, 1.54) is 11.1 Å². The molecular weight excluding hydrogens is 440 g/mol. The molecule has 0 radical (unpaired) electrons. The minimum atomic E-state index is -0.0294. The van der Waals surface area contributed by atoms with Crippen LogP contribution < -0.4 is 5.32 Å². The van der Waals surface area contributed by atoms with Crippen LogP contribution in [0.5, 0.6) is 0 Å². The summed E-state index contributed by atoms with van der Waals surface area (Å²) in [5.74, 6) is 1.62. The molecule has 0 aliphatic heterocycles. The number of thioether (sulfide) groups is 1. The number of benzene rings is 3. The van der Waals surface area contributed by atoms with Gasteiger partial charge in [0.05, 0.1) is 0 Å². The number of nitrogens with one attached hydrogen (secondary N) is 1. The zero-order chi connectivity index (χ0) is 23.9. The van der Waals surface area contributed by atoms with Crippen LogP contribution in [0.15, 0.2) is 84.0 Å². The molecule has 4 aromatic rings. The maximum absolute atomic E-state index is 12.3. The molecular formula is C28H30N4OS. The first-order chi connectivity index (χ1) is 16.5. The van der Waals surface area contributed by atoms with Crippen LogP contribution in [0.4, 0.5) is 0 Å². The van der Waals surface area contributed by atoms with Gasteiger partial charge in [-0.2, -0.15) is 0 Å². The van der Waals surface area contributed by atoms with Crippen LogP contribution in [0.1, 0.15) is 53.1 Å². The van der Waals surface area contributed by atoms with E-state index in [-0.39, 0.29) is 11.9 Å². The Labute approximate surface area is 205 Å². The van der Waals surface area contributed by atoms with E-state index in [1.54, 1.807) is 11.8 Å². The predicted molar refractivity (Wildman–Crippen MR) is 139 cm³/mol. The lowest BCUT2D eigenvalue weighted by atomic mass is 10.1. The van der Waals surface area contributed by atoms with Gasteiger partial charge in [0.1, 0.15) is 5.82 Å². The van der Waals surface area contributed by atoms with Crippen LogP contribution in [-0.4, -0.2) is 26.7 Å². The van der Waals surface area contributed by atoms with Gasteiger partial charge in [0, 0.05) is 29.5 Å². The van der Waals surface area contributed by atoms with E-state index < -0.39 is 0 Å². The summed E-state index contributed by atoms with van der Waals surface area (Å²) in [6, 6.07) is 26.7. The van der Waals surface area contributed by atoms with Crippen molar-refractivity contribution in [2.45, 2.75) is 50.6 Å². The molecule has 0 bridgehead atoms. The monoisotopic (exact) mass is 470 g/mol. The van der Waals surface area contributed by atoms with Crippen LogP contribution in [0.2, 0.25) is 0 Å². The predicted octanol–water partition coefficient (Wildman–Crippen LogP) is 5.99. The van der Waals surface area contributed by atoms with Gasteiger partial charge in [-0.1, -0.05) is 78.8 Å². The van der Waals surface area contributed by atoms with Crippen molar-refractivity contribution in [3.8, 4) is 5.69 Å². The van der Waals surface area contributed by atoms with Crippen molar-refractivity contribution in [3.63, 3.8) is 0 Å². The average Bonchev–Trinajstić information content (AvgIpc) is 3.26. The average molecular weight is 471 g/mol. The quantitative estimate of drug-likeness (QED) is 0.305. The van der Waals surface area contributed by atoms with E-state index in [4.69, 9.17) is 0 Å². The lowest BCUT2D eigenvalue weighted by Gasteiger charge is -2.12. The van der Waals surface area contributed by atoms with Gasteiger partial charge in [0.25, 0.3) is 5.91 Å². The molecule has 1 amide bonds. The van der Waals surface area contributed by atoms with Crippen molar-refractivity contribution < 1.29 is 4.79 Å². The molecule has 0 saturated heterocycles. The zero-order valence-corrected chi connectivity index (χ0v) is 20.7. The van der Waals surface area contributed by atoms with Gasteiger partial charge in [0.15, 0.2) is 5.16 Å². The van der Waals surface area contributed by atoms with E-state index in [0.29, 0.717) is 12.0 Å². The molecule has 174 valence electrons. The molecule has 0 fully saturated rings. The van der Waals surface area contributed by atoms with Crippen molar-refractivity contribution in [2.75, 3.05) is 0 Å². The Hall–Kier alpha value is -3.38. The molecule has 0 aliphatic carbocycles. The van der Waals surface area contributed by atoms with Gasteiger partial charge in [-0.3, -0.25) is 9.36 Å². The van der Waals surface area contributed by atoms with E-state index in [1.807, 2.05) is 49.4 Å². The molecule has 1 N–H and O–H groups in total. The summed E-state index contributed by atoms with van der Waals surface area (Å²) in [7, 11) is 0. The highest BCUT2D eigenvalue weighted by Gasteiger charge is 2.15. The SMILES string of the molecule is CC[C@H](C)NC(=O)c1ccc(CSc2nnc(Cc3ccccc3)n2-c2ccc(C)cc2)cc1. The summed E-state index contributed by atoms with van der Waals surface area (Å²) < 4.78 is 2.14. The van der Waals surface area contributed by atoms with Crippen LogP contribution in [-0.2, 0) is 12.2 Å². The molecule has 0 spiro atoms. The third kappa shape index (κ3) is 5.94. The first-order valence-electron chi connectivity index (χ1n) is 11.6. The van der Waals surface area contributed by atoms with E-state index in [0.717, 1.165) is 34.4 Å². The fraction of sp³-hybridized carbons (Fsp3) is 0.250. The highest BCUT2D eigenvalue weighted by Crippen LogP contribution is 2.26. The fourth-order valence-corrected chi connectivity index (χ4v) is 4.48. The molecule has 0 aliphatic rings. The summed E-state index contributed by atoms with van der Waals surface area (Å²) in [6.07, 6.45) is 1.62. The number of amides is 1. The second kappa shape index (κ2) is 11.2. The molecule has 1 aromatic heterocycles. The van der Waals surface area contributed by atoms with Crippen LogP contribution in [0.3, 0.4) is 0 Å². The summed E-state index contributed by atoms with van der Waals surface area (Å²) in [4.78, 5) is 12.3. The number of carbonyl (C=O) groups is 1. The van der Waals surface area contributed by atoms with Gasteiger partial charge < -0.3 is 5.32 Å². The largest absolute Gasteiger partial charge is 0.350 e. The zero-order valence-electron chi connectivity index (χ0n) is 19.9. The summed E-state index contributed by atoms with van der Waals surface area (Å²) in [5, 5.41) is 12.9. The number of aromatic nitrogens is 3. The second-order valence-corrected chi connectivity index (χ2v) is 9.44. The third-order valence-electron chi connectivity index (χ3n) is 5.77. The number of hydrogen-bond acceptors (Lipinski definition) is 4. The summed E-state index contributed by atoms with van der Waals surface area (Å²) in [5.41, 5.74) is 5.29. The van der Waals surface area contributed by atoms with Crippen LogP contribution in [0.25, 0.3) is 5.69 Å². The maximum Gasteiger partial charge on any atom is 0.251 e. The van der Waals surface area contributed by atoms with Crippen molar-refractivity contribution in [2.24, 2.45) is 0 Å². The molecule has 1 heterocycles. The van der Waals surface area contributed by atoms with Crippen molar-refractivity contribution in [1.29, 1.82) is 0 Å². The Bertz CT molecular complexity index is 1220. The number of hydrogen-bond donors (Lipinski definition) is 1. The first kappa shape index (κ1) is 23.8. The van der Waals surface area contributed by atoms with Gasteiger partial charge in [-0.05, 0) is 55.7 Å².